The summed E-state index contributed by atoms with van der Waals surface area (Å²) in [5.74, 6) is 0.0530. The van der Waals surface area contributed by atoms with Gasteiger partial charge in [0, 0.05) is 17.7 Å². The number of carbonyl (C=O) groups excluding carboxylic acids is 1. The van der Waals surface area contributed by atoms with Gasteiger partial charge < -0.3 is 15.3 Å². The van der Waals surface area contributed by atoms with E-state index in [-0.39, 0.29) is 11.7 Å². The van der Waals surface area contributed by atoms with Crippen LogP contribution < -0.4 is 5.32 Å². The van der Waals surface area contributed by atoms with E-state index in [2.05, 4.69) is 15.3 Å². The summed E-state index contributed by atoms with van der Waals surface area (Å²) in [6.07, 6.45) is 1.27. The summed E-state index contributed by atoms with van der Waals surface area (Å²) in [5.41, 5.74) is 1.71. The molecule has 0 saturated carbocycles. The Morgan fingerprint density at radius 2 is 2.22 bits per heavy atom. The van der Waals surface area contributed by atoms with Gasteiger partial charge in [-0.25, -0.2) is 0 Å². The molecular formula is C13H18N2O3. The predicted octanol–water partition coefficient (Wildman–Crippen LogP) is 2.50. The molecule has 0 aromatic heterocycles. The van der Waals surface area contributed by atoms with Gasteiger partial charge in [-0.15, -0.1) is 0 Å². The Balaban J connectivity index is 2.94. The molecule has 5 heteroatoms. The second-order valence-electron chi connectivity index (χ2n) is 3.89. The van der Waals surface area contributed by atoms with Crippen molar-refractivity contribution in [1.82, 2.24) is 0 Å². The number of nitrogens with zero attached hydrogens (tertiary/aromatic N) is 1. The molecule has 5 nitrogen and oxygen atoms in total. The summed E-state index contributed by atoms with van der Waals surface area (Å²) in [6.45, 7) is 3.66. The molecule has 0 aliphatic rings. The molecule has 0 saturated heterocycles. The van der Waals surface area contributed by atoms with Crippen molar-refractivity contribution < 1.29 is 14.7 Å². The van der Waals surface area contributed by atoms with Crippen molar-refractivity contribution in [2.24, 2.45) is 5.16 Å². The van der Waals surface area contributed by atoms with Gasteiger partial charge in [0.05, 0.1) is 5.71 Å². The molecule has 0 aliphatic heterocycles. The Bertz CT molecular complexity index is 456. The highest BCUT2D eigenvalue weighted by Crippen LogP contribution is 2.22. The third kappa shape index (κ3) is 3.76. The number of anilines is 1. The number of benzene rings is 1. The highest BCUT2D eigenvalue weighted by atomic mass is 16.6. The van der Waals surface area contributed by atoms with Crippen molar-refractivity contribution in [2.45, 2.75) is 26.7 Å². The van der Waals surface area contributed by atoms with Crippen LogP contribution in [0.3, 0.4) is 0 Å². The summed E-state index contributed by atoms with van der Waals surface area (Å²) in [4.78, 5) is 16.1. The summed E-state index contributed by atoms with van der Waals surface area (Å²) < 4.78 is 0. The SMILES string of the molecule is CCCC(=O)Nc1ccc(O)c(C(C)=NOC)c1. The number of phenols is 1. The van der Waals surface area contributed by atoms with Gasteiger partial charge in [0.25, 0.3) is 0 Å². The molecule has 2 N–H and O–H groups in total. The minimum Gasteiger partial charge on any atom is -0.507 e. The van der Waals surface area contributed by atoms with E-state index in [1.54, 1.807) is 19.1 Å². The molecule has 1 rings (SSSR count). The normalized spacial score (nSPS) is 11.2. The molecule has 98 valence electrons. The Kier molecular flexibility index (Phi) is 5.17. The van der Waals surface area contributed by atoms with Crippen molar-refractivity contribution in [1.29, 1.82) is 0 Å². The van der Waals surface area contributed by atoms with E-state index in [0.29, 0.717) is 23.4 Å². The Morgan fingerprint density at radius 1 is 1.50 bits per heavy atom. The number of oxime groups is 1. The summed E-state index contributed by atoms with van der Waals surface area (Å²) >= 11 is 0. The minimum atomic E-state index is -0.0459. The van der Waals surface area contributed by atoms with Crippen LogP contribution in [0, 0.1) is 0 Å². The molecule has 1 amide bonds. The average molecular weight is 250 g/mol. The molecule has 0 bridgehead atoms. The van der Waals surface area contributed by atoms with Gasteiger partial charge >= 0.3 is 0 Å². The molecule has 0 heterocycles. The van der Waals surface area contributed by atoms with E-state index < -0.39 is 0 Å². The molecule has 0 unspecified atom stereocenters. The highest BCUT2D eigenvalue weighted by molar-refractivity contribution is 6.02. The predicted molar refractivity (Wildman–Crippen MR) is 70.9 cm³/mol. The lowest BCUT2D eigenvalue weighted by molar-refractivity contribution is -0.116. The van der Waals surface area contributed by atoms with Gasteiger partial charge in [-0.1, -0.05) is 12.1 Å². The number of nitrogens with one attached hydrogen (secondary N) is 1. The monoisotopic (exact) mass is 250 g/mol. The fraction of sp³-hybridized carbons (Fsp3) is 0.385. The molecule has 1 aromatic carbocycles. The maximum absolute atomic E-state index is 11.5. The second-order valence-corrected chi connectivity index (χ2v) is 3.89. The van der Waals surface area contributed by atoms with Crippen LogP contribution in [0.4, 0.5) is 5.69 Å². The molecule has 0 spiro atoms. The quantitative estimate of drug-likeness (QED) is 0.479. The summed E-state index contributed by atoms with van der Waals surface area (Å²) in [7, 11) is 1.44. The average Bonchev–Trinajstić information content (AvgIpc) is 2.32. The first-order valence-corrected chi connectivity index (χ1v) is 5.79. The lowest BCUT2D eigenvalue weighted by Gasteiger charge is -2.08. The lowest BCUT2D eigenvalue weighted by Crippen LogP contribution is -2.11. The van der Waals surface area contributed by atoms with E-state index in [9.17, 15) is 9.90 Å². The Labute approximate surface area is 106 Å². The van der Waals surface area contributed by atoms with E-state index in [4.69, 9.17) is 0 Å². The Morgan fingerprint density at radius 3 is 2.83 bits per heavy atom. The van der Waals surface area contributed by atoms with Crippen LogP contribution in [-0.2, 0) is 9.63 Å². The third-order valence-corrected chi connectivity index (χ3v) is 2.38. The van der Waals surface area contributed by atoms with Gasteiger partial charge in [-0.05, 0) is 31.5 Å². The first-order chi connectivity index (χ1) is 8.58. The molecule has 1 aromatic rings. The second kappa shape index (κ2) is 6.64. The standard InChI is InChI=1S/C13H18N2O3/c1-4-5-13(17)14-10-6-7-12(16)11(8-10)9(2)15-18-3/h6-8,16H,4-5H2,1-3H3,(H,14,17). The lowest BCUT2D eigenvalue weighted by atomic mass is 10.1. The van der Waals surface area contributed by atoms with E-state index >= 15 is 0 Å². The van der Waals surface area contributed by atoms with Gasteiger partial charge in [0.15, 0.2) is 0 Å². The summed E-state index contributed by atoms with van der Waals surface area (Å²) in [6, 6.07) is 4.83. The van der Waals surface area contributed by atoms with Crippen molar-refractivity contribution >= 4 is 17.3 Å². The summed E-state index contributed by atoms with van der Waals surface area (Å²) in [5, 5.41) is 16.2. The topological polar surface area (TPSA) is 70.9 Å². The van der Waals surface area contributed by atoms with Crippen LogP contribution in [0.2, 0.25) is 0 Å². The zero-order valence-electron chi connectivity index (χ0n) is 10.9. The van der Waals surface area contributed by atoms with E-state index in [0.717, 1.165) is 6.42 Å². The van der Waals surface area contributed by atoms with Crippen molar-refractivity contribution in [3.63, 3.8) is 0 Å². The van der Waals surface area contributed by atoms with Crippen LogP contribution >= 0.6 is 0 Å². The smallest absolute Gasteiger partial charge is 0.224 e. The minimum absolute atomic E-state index is 0.0459. The molecule has 0 radical (unpaired) electrons. The number of hydrogen-bond donors (Lipinski definition) is 2. The fourth-order valence-electron chi connectivity index (χ4n) is 1.54. The van der Waals surface area contributed by atoms with Gasteiger partial charge in [0.1, 0.15) is 12.9 Å². The molecule has 0 atom stereocenters. The largest absolute Gasteiger partial charge is 0.507 e. The van der Waals surface area contributed by atoms with E-state index in [1.807, 2.05) is 6.92 Å². The van der Waals surface area contributed by atoms with Gasteiger partial charge in [-0.2, -0.15) is 0 Å². The fourth-order valence-corrected chi connectivity index (χ4v) is 1.54. The number of carbonyl (C=O) groups is 1. The van der Waals surface area contributed by atoms with Crippen LogP contribution in [0.5, 0.6) is 5.75 Å². The zero-order valence-corrected chi connectivity index (χ0v) is 10.9. The first-order valence-electron chi connectivity index (χ1n) is 5.79. The van der Waals surface area contributed by atoms with E-state index in [1.165, 1.54) is 13.2 Å². The van der Waals surface area contributed by atoms with Crippen molar-refractivity contribution in [2.75, 3.05) is 12.4 Å². The zero-order chi connectivity index (χ0) is 13.5. The molecule has 0 aliphatic carbocycles. The van der Waals surface area contributed by atoms with Crippen molar-refractivity contribution in [3.8, 4) is 5.75 Å². The number of amides is 1. The van der Waals surface area contributed by atoms with Gasteiger partial charge in [-0.3, -0.25) is 4.79 Å². The van der Waals surface area contributed by atoms with Crippen LogP contribution in [0.1, 0.15) is 32.3 Å². The molecular weight excluding hydrogens is 232 g/mol. The third-order valence-electron chi connectivity index (χ3n) is 2.38. The molecule has 18 heavy (non-hydrogen) atoms. The maximum atomic E-state index is 11.5. The molecule has 0 fully saturated rings. The Hall–Kier alpha value is -2.04. The van der Waals surface area contributed by atoms with Crippen LogP contribution in [0.25, 0.3) is 0 Å². The number of rotatable bonds is 5. The maximum Gasteiger partial charge on any atom is 0.224 e. The van der Waals surface area contributed by atoms with Crippen LogP contribution in [-0.4, -0.2) is 23.8 Å². The first kappa shape index (κ1) is 14.0. The highest BCUT2D eigenvalue weighted by Gasteiger charge is 2.08. The van der Waals surface area contributed by atoms with Crippen molar-refractivity contribution in [3.05, 3.63) is 23.8 Å². The number of hydrogen-bond acceptors (Lipinski definition) is 4. The number of phenolic OH excluding ortho intramolecular Hbond substituents is 1. The number of aromatic hydroxyl groups is 1. The van der Waals surface area contributed by atoms with Crippen LogP contribution in [0.15, 0.2) is 23.4 Å². The van der Waals surface area contributed by atoms with Gasteiger partial charge in [0.2, 0.25) is 5.91 Å².